The van der Waals surface area contributed by atoms with Gasteiger partial charge < -0.3 is 10.2 Å². The van der Waals surface area contributed by atoms with E-state index in [1.807, 2.05) is 41.0 Å². The Labute approximate surface area is 173 Å². The van der Waals surface area contributed by atoms with Gasteiger partial charge in [-0.15, -0.1) is 0 Å². The fourth-order valence-electron chi connectivity index (χ4n) is 3.67. The number of imidazole rings is 1. The maximum atomic E-state index is 12.6. The van der Waals surface area contributed by atoms with Gasteiger partial charge in [0.05, 0.1) is 22.9 Å². The molecule has 7 heteroatoms. The number of hydrogen-bond acceptors (Lipinski definition) is 4. The molecule has 7 nitrogen and oxygen atoms in total. The molecule has 0 aliphatic carbocycles. The predicted molar refractivity (Wildman–Crippen MR) is 115 cm³/mol. The maximum Gasteiger partial charge on any atom is 0.256 e. The number of carbonyl (C=O) groups excluding carboxylic acids is 2. The Kier molecular flexibility index (Phi) is 4.48. The molecule has 1 aliphatic rings. The van der Waals surface area contributed by atoms with Gasteiger partial charge in [0.15, 0.2) is 0 Å². The molecule has 0 saturated carbocycles. The number of nitrogens with zero attached hydrogens (tertiary/aromatic N) is 4. The van der Waals surface area contributed by atoms with Crippen LogP contribution >= 0.6 is 0 Å². The summed E-state index contributed by atoms with van der Waals surface area (Å²) in [7, 11) is 0. The average molecular weight is 397 g/mol. The van der Waals surface area contributed by atoms with Crippen LogP contribution in [0.5, 0.6) is 0 Å². The highest BCUT2D eigenvalue weighted by Crippen LogP contribution is 2.22. The molecule has 0 bridgehead atoms. The van der Waals surface area contributed by atoms with E-state index < -0.39 is 0 Å². The van der Waals surface area contributed by atoms with Crippen LogP contribution < -0.4 is 10.2 Å². The van der Waals surface area contributed by atoms with Crippen molar-refractivity contribution in [3.05, 3.63) is 78.8 Å². The number of pyridine rings is 1. The molecule has 4 aromatic rings. The lowest BCUT2D eigenvalue weighted by molar-refractivity contribution is -0.117. The number of para-hydroxylation sites is 2. The van der Waals surface area contributed by atoms with Crippen molar-refractivity contribution >= 4 is 34.4 Å². The molecule has 30 heavy (non-hydrogen) atoms. The minimum Gasteiger partial charge on any atom is -0.311 e. The quantitative estimate of drug-likeness (QED) is 0.568. The normalized spacial score (nSPS) is 13.7. The molecule has 3 heterocycles. The lowest BCUT2D eigenvalue weighted by atomic mass is 10.2. The van der Waals surface area contributed by atoms with Crippen molar-refractivity contribution in [3.8, 4) is 5.69 Å². The number of amides is 2. The first kappa shape index (κ1) is 18.1. The summed E-state index contributed by atoms with van der Waals surface area (Å²) >= 11 is 0. The number of carbonyl (C=O) groups is 2. The summed E-state index contributed by atoms with van der Waals surface area (Å²) in [5, 5.41) is 2.80. The predicted octanol–water partition coefficient (Wildman–Crippen LogP) is 3.80. The zero-order chi connectivity index (χ0) is 20.5. The molecule has 0 atom stereocenters. The van der Waals surface area contributed by atoms with Gasteiger partial charge in [0.1, 0.15) is 12.1 Å². The molecule has 0 spiro atoms. The van der Waals surface area contributed by atoms with Gasteiger partial charge in [0.2, 0.25) is 5.91 Å². The first-order chi connectivity index (χ1) is 14.7. The molecule has 1 saturated heterocycles. The van der Waals surface area contributed by atoms with Crippen LogP contribution in [0.2, 0.25) is 0 Å². The Morgan fingerprint density at radius 1 is 0.933 bits per heavy atom. The molecule has 1 aliphatic heterocycles. The SMILES string of the molecule is O=C(Nc1ccc(N2CCCC2=O)cn1)c1ccc(-n2cnc3ccccc32)cc1. The van der Waals surface area contributed by atoms with Gasteiger partial charge in [-0.3, -0.25) is 14.2 Å². The van der Waals surface area contributed by atoms with Crippen molar-refractivity contribution in [1.82, 2.24) is 14.5 Å². The number of aromatic nitrogens is 3. The number of rotatable bonds is 4. The number of fused-ring (bicyclic) bond motifs is 1. The van der Waals surface area contributed by atoms with Crippen LogP contribution in [0.4, 0.5) is 11.5 Å². The third-order valence-electron chi connectivity index (χ3n) is 5.24. The van der Waals surface area contributed by atoms with Gasteiger partial charge in [0, 0.05) is 24.2 Å². The van der Waals surface area contributed by atoms with Crippen molar-refractivity contribution in [2.24, 2.45) is 0 Å². The molecular formula is C23H19N5O2. The largest absolute Gasteiger partial charge is 0.311 e. The molecule has 2 aromatic heterocycles. The third kappa shape index (κ3) is 3.30. The average Bonchev–Trinajstić information content (AvgIpc) is 3.41. The molecule has 2 aromatic carbocycles. The lowest BCUT2D eigenvalue weighted by Crippen LogP contribution is -2.23. The summed E-state index contributed by atoms with van der Waals surface area (Å²) in [4.78, 5) is 34.8. The van der Waals surface area contributed by atoms with E-state index in [0.29, 0.717) is 24.3 Å². The molecule has 0 radical (unpaired) electrons. The fourth-order valence-corrected chi connectivity index (χ4v) is 3.67. The van der Waals surface area contributed by atoms with Crippen molar-refractivity contribution in [1.29, 1.82) is 0 Å². The number of hydrogen-bond donors (Lipinski definition) is 1. The third-order valence-corrected chi connectivity index (χ3v) is 5.24. The summed E-state index contributed by atoms with van der Waals surface area (Å²) in [6.07, 6.45) is 4.83. The second-order valence-corrected chi connectivity index (χ2v) is 7.15. The van der Waals surface area contributed by atoms with Crippen molar-refractivity contribution in [2.45, 2.75) is 12.8 Å². The van der Waals surface area contributed by atoms with E-state index in [1.54, 1.807) is 41.7 Å². The van der Waals surface area contributed by atoms with Gasteiger partial charge in [-0.2, -0.15) is 0 Å². The minimum atomic E-state index is -0.241. The first-order valence-electron chi connectivity index (χ1n) is 9.79. The number of anilines is 2. The Morgan fingerprint density at radius 3 is 2.47 bits per heavy atom. The molecule has 148 valence electrons. The van der Waals surface area contributed by atoms with E-state index >= 15 is 0 Å². The Balaban J connectivity index is 1.30. The van der Waals surface area contributed by atoms with E-state index in [2.05, 4.69) is 15.3 Å². The molecule has 1 N–H and O–H groups in total. The smallest absolute Gasteiger partial charge is 0.256 e. The second-order valence-electron chi connectivity index (χ2n) is 7.15. The highest BCUT2D eigenvalue weighted by atomic mass is 16.2. The summed E-state index contributed by atoms with van der Waals surface area (Å²) in [6, 6.07) is 18.7. The summed E-state index contributed by atoms with van der Waals surface area (Å²) < 4.78 is 1.98. The highest BCUT2D eigenvalue weighted by molar-refractivity contribution is 6.04. The van der Waals surface area contributed by atoms with Crippen LogP contribution in [0, 0.1) is 0 Å². The molecule has 1 fully saturated rings. The van der Waals surface area contributed by atoms with E-state index in [9.17, 15) is 9.59 Å². The maximum absolute atomic E-state index is 12.6. The summed E-state index contributed by atoms with van der Waals surface area (Å²) in [5.41, 5.74) is 4.15. The van der Waals surface area contributed by atoms with Crippen molar-refractivity contribution in [3.63, 3.8) is 0 Å². The summed E-state index contributed by atoms with van der Waals surface area (Å²) in [6.45, 7) is 0.713. The molecule has 0 unspecified atom stereocenters. The van der Waals surface area contributed by atoms with Gasteiger partial charge in [-0.1, -0.05) is 12.1 Å². The Morgan fingerprint density at radius 2 is 1.73 bits per heavy atom. The lowest BCUT2D eigenvalue weighted by Gasteiger charge is -2.15. The number of benzene rings is 2. The second kappa shape index (κ2) is 7.44. The first-order valence-corrected chi connectivity index (χ1v) is 9.79. The zero-order valence-electron chi connectivity index (χ0n) is 16.2. The number of nitrogens with one attached hydrogen (secondary N) is 1. The van der Waals surface area contributed by atoms with E-state index in [4.69, 9.17) is 0 Å². The Hall–Kier alpha value is -4.00. The minimum absolute atomic E-state index is 0.111. The van der Waals surface area contributed by atoms with Crippen LogP contribution in [0.1, 0.15) is 23.2 Å². The molecular weight excluding hydrogens is 378 g/mol. The van der Waals surface area contributed by atoms with E-state index in [1.165, 1.54) is 0 Å². The summed E-state index contributed by atoms with van der Waals surface area (Å²) in [5.74, 6) is 0.314. The molecule has 5 rings (SSSR count). The van der Waals surface area contributed by atoms with Gasteiger partial charge in [0.25, 0.3) is 5.91 Å². The van der Waals surface area contributed by atoms with Gasteiger partial charge in [-0.25, -0.2) is 9.97 Å². The van der Waals surface area contributed by atoms with Crippen LogP contribution in [0.15, 0.2) is 73.2 Å². The standard InChI is InChI=1S/C23H19N5O2/c29-22-6-3-13-27(22)18-11-12-21(24-14-18)26-23(30)16-7-9-17(10-8-16)28-15-25-19-4-1-2-5-20(19)28/h1-2,4-5,7-12,14-15H,3,6,13H2,(H,24,26,30). The topological polar surface area (TPSA) is 80.1 Å². The van der Waals surface area contributed by atoms with Crippen LogP contribution in [0.3, 0.4) is 0 Å². The van der Waals surface area contributed by atoms with E-state index in [-0.39, 0.29) is 11.8 Å². The zero-order valence-corrected chi connectivity index (χ0v) is 16.2. The van der Waals surface area contributed by atoms with Crippen LogP contribution in [-0.4, -0.2) is 32.9 Å². The molecule has 2 amide bonds. The van der Waals surface area contributed by atoms with Crippen molar-refractivity contribution in [2.75, 3.05) is 16.8 Å². The fraction of sp³-hybridized carbons (Fsp3) is 0.130. The van der Waals surface area contributed by atoms with Gasteiger partial charge >= 0.3 is 0 Å². The van der Waals surface area contributed by atoms with Crippen molar-refractivity contribution < 1.29 is 9.59 Å². The van der Waals surface area contributed by atoms with Gasteiger partial charge in [-0.05, 0) is 55.0 Å². The van der Waals surface area contributed by atoms with Crippen LogP contribution in [-0.2, 0) is 4.79 Å². The highest BCUT2D eigenvalue weighted by Gasteiger charge is 2.21. The monoisotopic (exact) mass is 397 g/mol. The Bertz CT molecular complexity index is 1230. The van der Waals surface area contributed by atoms with Crippen LogP contribution in [0.25, 0.3) is 16.7 Å². The van der Waals surface area contributed by atoms with E-state index in [0.717, 1.165) is 28.8 Å².